The SMILES string of the molecule is NCc1cnc(-c2ccccc2)nc1Nc1ccc2c(c1)OCO2. The number of hydrogen-bond donors (Lipinski definition) is 2. The highest BCUT2D eigenvalue weighted by Gasteiger charge is 2.14. The van der Waals surface area contributed by atoms with E-state index in [0.29, 0.717) is 23.9 Å². The molecule has 0 unspecified atom stereocenters. The summed E-state index contributed by atoms with van der Waals surface area (Å²) in [7, 11) is 0. The molecule has 0 radical (unpaired) electrons. The Kier molecular flexibility index (Phi) is 3.72. The van der Waals surface area contributed by atoms with E-state index in [1.165, 1.54) is 0 Å². The molecule has 0 atom stereocenters. The first-order valence-electron chi connectivity index (χ1n) is 7.61. The number of hydrogen-bond acceptors (Lipinski definition) is 6. The van der Waals surface area contributed by atoms with Crippen LogP contribution in [0.1, 0.15) is 5.56 Å². The highest BCUT2D eigenvalue weighted by molar-refractivity contribution is 5.66. The van der Waals surface area contributed by atoms with Crippen molar-refractivity contribution in [2.24, 2.45) is 5.73 Å². The molecule has 0 saturated heterocycles. The zero-order valence-electron chi connectivity index (χ0n) is 12.9. The van der Waals surface area contributed by atoms with Gasteiger partial charge in [0.1, 0.15) is 5.82 Å². The van der Waals surface area contributed by atoms with Crippen LogP contribution < -0.4 is 20.5 Å². The molecule has 0 aliphatic carbocycles. The Morgan fingerprint density at radius 2 is 1.88 bits per heavy atom. The summed E-state index contributed by atoms with van der Waals surface area (Å²) in [5, 5.41) is 3.30. The number of nitrogens with two attached hydrogens (primary N) is 1. The van der Waals surface area contributed by atoms with Crippen molar-refractivity contribution in [2.45, 2.75) is 6.54 Å². The molecule has 0 bridgehead atoms. The molecule has 24 heavy (non-hydrogen) atoms. The number of rotatable bonds is 4. The van der Waals surface area contributed by atoms with E-state index in [2.05, 4.69) is 15.3 Å². The second kappa shape index (κ2) is 6.17. The molecule has 1 aromatic heterocycles. The van der Waals surface area contributed by atoms with E-state index in [0.717, 1.165) is 22.6 Å². The molecular weight excluding hydrogens is 304 g/mol. The minimum atomic E-state index is 0.249. The van der Waals surface area contributed by atoms with Crippen LogP contribution >= 0.6 is 0 Å². The van der Waals surface area contributed by atoms with Crippen LogP contribution in [0.4, 0.5) is 11.5 Å². The van der Waals surface area contributed by atoms with Gasteiger partial charge in [0.05, 0.1) is 0 Å². The van der Waals surface area contributed by atoms with Crippen LogP contribution in [0.2, 0.25) is 0 Å². The summed E-state index contributed by atoms with van der Waals surface area (Å²) in [6.07, 6.45) is 1.75. The van der Waals surface area contributed by atoms with Gasteiger partial charge in [-0.25, -0.2) is 9.97 Å². The molecule has 3 N–H and O–H groups in total. The molecule has 120 valence electrons. The average molecular weight is 320 g/mol. The number of ether oxygens (including phenoxy) is 2. The van der Waals surface area contributed by atoms with Gasteiger partial charge in [0.25, 0.3) is 0 Å². The van der Waals surface area contributed by atoms with Gasteiger partial charge in [0.15, 0.2) is 17.3 Å². The Morgan fingerprint density at radius 3 is 2.71 bits per heavy atom. The molecular formula is C18H16N4O2. The summed E-state index contributed by atoms with van der Waals surface area (Å²) in [5.41, 5.74) is 8.47. The molecule has 2 aromatic carbocycles. The number of benzene rings is 2. The maximum absolute atomic E-state index is 5.82. The predicted molar refractivity (Wildman–Crippen MR) is 91.2 cm³/mol. The van der Waals surface area contributed by atoms with Crippen LogP contribution in [-0.2, 0) is 6.54 Å². The topological polar surface area (TPSA) is 82.3 Å². The lowest BCUT2D eigenvalue weighted by atomic mass is 10.2. The van der Waals surface area contributed by atoms with Crippen molar-refractivity contribution in [1.82, 2.24) is 9.97 Å². The summed E-state index contributed by atoms with van der Waals surface area (Å²) in [5.74, 6) is 2.79. The molecule has 4 rings (SSSR count). The lowest BCUT2D eigenvalue weighted by molar-refractivity contribution is 0.174. The third-order valence-corrected chi connectivity index (χ3v) is 3.75. The molecule has 6 nitrogen and oxygen atoms in total. The van der Waals surface area contributed by atoms with Crippen molar-refractivity contribution < 1.29 is 9.47 Å². The Labute approximate surface area is 139 Å². The van der Waals surface area contributed by atoms with Crippen molar-refractivity contribution in [3.8, 4) is 22.9 Å². The molecule has 2 heterocycles. The normalized spacial score (nSPS) is 12.2. The van der Waals surface area contributed by atoms with Gasteiger partial charge in [-0.3, -0.25) is 0 Å². The summed E-state index contributed by atoms with van der Waals surface area (Å²) in [6.45, 7) is 0.598. The molecule has 0 spiro atoms. The van der Waals surface area contributed by atoms with Gasteiger partial charge in [0, 0.05) is 35.6 Å². The summed E-state index contributed by atoms with van der Waals surface area (Å²) >= 11 is 0. The zero-order valence-corrected chi connectivity index (χ0v) is 12.9. The molecule has 1 aliphatic rings. The van der Waals surface area contributed by atoms with Gasteiger partial charge in [-0.15, -0.1) is 0 Å². The van der Waals surface area contributed by atoms with Crippen molar-refractivity contribution in [3.63, 3.8) is 0 Å². The summed E-state index contributed by atoms with van der Waals surface area (Å²) in [4.78, 5) is 9.03. The smallest absolute Gasteiger partial charge is 0.231 e. The molecule has 1 aliphatic heterocycles. The Bertz CT molecular complexity index is 868. The van der Waals surface area contributed by atoms with E-state index in [9.17, 15) is 0 Å². The number of nitrogens with zero attached hydrogens (tertiary/aromatic N) is 2. The number of anilines is 2. The fraction of sp³-hybridized carbons (Fsp3) is 0.111. The standard InChI is InChI=1S/C18H16N4O2/c19-9-13-10-20-17(12-4-2-1-3-5-12)22-18(13)21-14-6-7-15-16(8-14)24-11-23-15/h1-8,10H,9,11,19H2,(H,20,21,22). The van der Waals surface area contributed by atoms with E-state index >= 15 is 0 Å². The minimum absolute atomic E-state index is 0.249. The number of aromatic nitrogens is 2. The van der Waals surface area contributed by atoms with Gasteiger partial charge in [-0.2, -0.15) is 0 Å². The highest BCUT2D eigenvalue weighted by atomic mass is 16.7. The lowest BCUT2D eigenvalue weighted by Crippen LogP contribution is -2.06. The highest BCUT2D eigenvalue weighted by Crippen LogP contribution is 2.35. The van der Waals surface area contributed by atoms with Gasteiger partial charge in [-0.1, -0.05) is 30.3 Å². The molecule has 0 fully saturated rings. The summed E-state index contributed by atoms with van der Waals surface area (Å²) in [6, 6.07) is 15.5. The fourth-order valence-electron chi connectivity index (χ4n) is 2.50. The first kappa shape index (κ1) is 14.5. The predicted octanol–water partition coefficient (Wildman–Crippen LogP) is 3.07. The number of fused-ring (bicyclic) bond motifs is 1. The second-order valence-corrected chi connectivity index (χ2v) is 5.33. The Morgan fingerprint density at radius 1 is 1.04 bits per heavy atom. The largest absolute Gasteiger partial charge is 0.454 e. The fourth-order valence-corrected chi connectivity index (χ4v) is 2.50. The van der Waals surface area contributed by atoms with Crippen LogP contribution in [0.25, 0.3) is 11.4 Å². The molecule has 0 amide bonds. The van der Waals surface area contributed by atoms with E-state index in [1.807, 2.05) is 48.5 Å². The van der Waals surface area contributed by atoms with E-state index in [4.69, 9.17) is 15.2 Å². The van der Waals surface area contributed by atoms with Gasteiger partial charge in [-0.05, 0) is 12.1 Å². The van der Waals surface area contributed by atoms with Crippen LogP contribution in [0.5, 0.6) is 11.5 Å². The molecule has 3 aromatic rings. The van der Waals surface area contributed by atoms with Crippen molar-refractivity contribution in [2.75, 3.05) is 12.1 Å². The Balaban J connectivity index is 1.68. The average Bonchev–Trinajstić information content (AvgIpc) is 3.10. The van der Waals surface area contributed by atoms with Crippen LogP contribution in [-0.4, -0.2) is 16.8 Å². The third-order valence-electron chi connectivity index (χ3n) is 3.75. The van der Waals surface area contributed by atoms with Crippen molar-refractivity contribution >= 4 is 11.5 Å². The van der Waals surface area contributed by atoms with Crippen LogP contribution in [0.3, 0.4) is 0 Å². The zero-order chi connectivity index (χ0) is 16.4. The van der Waals surface area contributed by atoms with Gasteiger partial charge in [0.2, 0.25) is 6.79 Å². The minimum Gasteiger partial charge on any atom is -0.454 e. The van der Waals surface area contributed by atoms with E-state index in [1.54, 1.807) is 6.20 Å². The molecule has 6 heteroatoms. The third kappa shape index (κ3) is 2.75. The van der Waals surface area contributed by atoms with Crippen molar-refractivity contribution in [1.29, 1.82) is 0 Å². The second-order valence-electron chi connectivity index (χ2n) is 5.33. The van der Waals surface area contributed by atoms with Gasteiger partial charge >= 0.3 is 0 Å². The first-order chi connectivity index (χ1) is 11.8. The maximum Gasteiger partial charge on any atom is 0.231 e. The molecule has 0 saturated carbocycles. The van der Waals surface area contributed by atoms with Crippen LogP contribution in [0, 0.1) is 0 Å². The van der Waals surface area contributed by atoms with E-state index < -0.39 is 0 Å². The summed E-state index contributed by atoms with van der Waals surface area (Å²) < 4.78 is 10.7. The van der Waals surface area contributed by atoms with Crippen LogP contribution in [0.15, 0.2) is 54.7 Å². The van der Waals surface area contributed by atoms with Gasteiger partial charge < -0.3 is 20.5 Å². The number of nitrogens with one attached hydrogen (secondary N) is 1. The monoisotopic (exact) mass is 320 g/mol. The first-order valence-corrected chi connectivity index (χ1v) is 7.61. The maximum atomic E-state index is 5.82. The lowest BCUT2D eigenvalue weighted by Gasteiger charge is -2.12. The quantitative estimate of drug-likeness (QED) is 0.769. The van der Waals surface area contributed by atoms with E-state index in [-0.39, 0.29) is 6.79 Å². The Hall–Kier alpha value is -3.12. The van der Waals surface area contributed by atoms with Crippen molar-refractivity contribution in [3.05, 3.63) is 60.3 Å².